The number of rotatable bonds is 5. The summed E-state index contributed by atoms with van der Waals surface area (Å²) in [5.41, 5.74) is 6.08. The van der Waals surface area contributed by atoms with Gasteiger partial charge in [0.2, 0.25) is 0 Å². The Bertz CT molecular complexity index is 565. The third-order valence-electron chi connectivity index (χ3n) is 3.28. The van der Waals surface area contributed by atoms with Crippen LogP contribution in [0, 0.1) is 6.92 Å². The fraction of sp³-hybridized carbons (Fsp3) is 0.467. The Labute approximate surface area is 145 Å². The van der Waals surface area contributed by atoms with Gasteiger partial charge in [-0.2, -0.15) is 0 Å². The Hall–Kier alpha value is -1.57. The lowest BCUT2D eigenvalue weighted by atomic mass is 10.2. The highest BCUT2D eigenvalue weighted by molar-refractivity contribution is 7.80. The van der Waals surface area contributed by atoms with Gasteiger partial charge in [-0.25, -0.2) is 0 Å². The molecule has 1 aliphatic rings. The van der Waals surface area contributed by atoms with Crippen LogP contribution < -0.4 is 20.9 Å². The van der Waals surface area contributed by atoms with Gasteiger partial charge in [0.1, 0.15) is 5.75 Å². The zero-order chi connectivity index (χ0) is 16.7. The van der Waals surface area contributed by atoms with Crippen LogP contribution in [-0.4, -0.2) is 36.9 Å². The summed E-state index contributed by atoms with van der Waals surface area (Å²) in [6, 6.07) is 5.37. The summed E-state index contributed by atoms with van der Waals surface area (Å²) in [4.78, 5) is 11.7. The minimum Gasteiger partial charge on any atom is -0.482 e. The van der Waals surface area contributed by atoms with Crippen molar-refractivity contribution in [2.24, 2.45) is 0 Å². The maximum atomic E-state index is 11.7. The lowest BCUT2D eigenvalue weighted by molar-refractivity contribution is -0.123. The molecule has 1 amide bonds. The van der Waals surface area contributed by atoms with E-state index in [4.69, 9.17) is 33.3 Å². The van der Waals surface area contributed by atoms with Crippen LogP contribution in [0.4, 0.5) is 0 Å². The first-order valence-electron chi connectivity index (χ1n) is 7.38. The molecule has 3 N–H and O–H groups in total. The molecule has 1 aliphatic heterocycles. The van der Waals surface area contributed by atoms with Crippen LogP contribution in [0.15, 0.2) is 18.2 Å². The molecule has 8 heteroatoms. The molecule has 126 valence electrons. The van der Waals surface area contributed by atoms with Crippen LogP contribution in [-0.2, 0) is 9.53 Å². The molecule has 1 unspecified atom stereocenters. The van der Waals surface area contributed by atoms with Gasteiger partial charge in [0.15, 0.2) is 11.7 Å². The number of hydrazine groups is 1. The maximum Gasteiger partial charge on any atom is 0.276 e. The van der Waals surface area contributed by atoms with Gasteiger partial charge >= 0.3 is 0 Å². The summed E-state index contributed by atoms with van der Waals surface area (Å²) in [6.45, 7) is 3.17. The highest BCUT2D eigenvalue weighted by atomic mass is 35.5. The molecule has 0 radical (unpaired) electrons. The van der Waals surface area contributed by atoms with E-state index >= 15 is 0 Å². The van der Waals surface area contributed by atoms with Gasteiger partial charge in [0.05, 0.1) is 11.1 Å². The van der Waals surface area contributed by atoms with E-state index < -0.39 is 0 Å². The molecule has 1 aromatic carbocycles. The average Bonchev–Trinajstić information content (AvgIpc) is 3.05. The Morgan fingerprint density at radius 1 is 1.48 bits per heavy atom. The van der Waals surface area contributed by atoms with Crippen molar-refractivity contribution in [3.8, 4) is 5.75 Å². The number of ether oxygens (including phenoxy) is 2. The van der Waals surface area contributed by atoms with Gasteiger partial charge in [-0.3, -0.25) is 15.6 Å². The number of carbonyl (C=O) groups excluding carboxylic acids is 1. The van der Waals surface area contributed by atoms with Gasteiger partial charge in [-0.15, -0.1) is 0 Å². The minimum atomic E-state index is -0.358. The monoisotopic (exact) mass is 357 g/mol. The molecule has 0 aliphatic carbocycles. The summed E-state index contributed by atoms with van der Waals surface area (Å²) in [6.07, 6.45) is 2.27. The van der Waals surface area contributed by atoms with Gasteiger partial charge in [-0.05, 0) is 49.7 Å². The number of hydrogen-bond acceptors (Lipinski definition) is 4. The molecule has 0 aromatic heterocycles. The predicted molar refractivity (Wildman–Crippen MR) is 92.5 cm³/mol. The van der Waals surface area contributed by atoms with E-state index in [9.17, 15) is 4.79 Å². The van der Waals surface area contributed by atoms with Crippen LogP contribution in [0.5, 0.6) is 5.75 Å². The number of halogens is 1. The second kappa shape index (κ2) is 8.90. The number of carbonyl (C=O) groups is 1. The fourth-order valence-electron chi connectivity index (χ4n) is 2.08. The Morgan fingerprint density at radius 2 is 2.30 bits per heavy atom. The molecule has 1 fully saturated rings. The molecular formula is C15H20ClN3O3S. The fourth-order valence-corrected chi connectivity index (χ4v) is 2.39. The first kappa shape index (κ1) is 17.8. The number of aryl methyl sites for hydroxylation is 1. The summed E-state index contributed by atoms with van der Waals surface area (Å²) < 4.78 is 10.9. The number of hydrogen-bond donors (Lipinski definition) is 3. The van der Waals surface area contributed by atoms with E-state index in [2.05, 4.69) is 16.2 Å². The number of amides is 1. The molecule has 6 nitrogen and oxygen atoms in total. The van der Waals surface area contributed by atoms with Gasteiger partial charge in [-0.1, -0.05) is 17.7 Å². The topological polar surface area (TPSA) is 71.6 Å². The predicted octanol–water partition coefficient (Wildman–Crippen LogP) is 1.70. The highest BCUT2D eigenvalue weighted by Crippen LogP contribution is 2.24. The lowest BCUT2D eigenvalue weighted by Gasteiger charge is -2.15. The van der Waals surface area contributed by atoms with Crippen molar-refractivity contribution in [2.45, 2.75) is 25.9 Å². The van der Waals surface area contributed by atoms with Gasteiger partial charge in [0, 0.05) is 13.2 Å². The SMILES string of the molecule is Cc1ccc(Cl)c(OCC(=O)NNC(=S)NCC2CCCO2)c1. The summed E-state index contributed by atoms with van der Waals surface area (Å²) in [7, 11) is 0. The molecule has 1 atom stereocenters. The molecule has 1 saturated heterocycles. The maximum absolute atomic E-state index is 11.7. The van der Waals surface area contributed by atoms with Crippen molar-refractivity contribution in [3.63, 3.8) is 0 Å². The van der Waals surface area contributed by atoms with Crippen LogP contribution in [0.1, 0.15) is 18.4 Å². The van der Waals surface area contributed by atoms with E-state index in [0.29, 0.717) is 22.4 Å². The molecule has 0 spiro atoms. The van der Waals surface area contributed by atoms with Crippen LogP contribution in [0.2, 0.25) is 5.02 Å². The van der Waals surface area contributed by atoms with Crippen molar-refractivity contribution >= 4 is 34.8 Å². The van der Waals surface area contributed by atoms with E-state index in [1.807, 2.05) is 13.0 Å². The highest BCUT2D eigenvalue weighted by Gasteiger charge is 2.15. The van der Waals surface area contributed by atoms with E-state index in [-0.39, 0.29) is 18.6 Å². The van der Waals surface area contributed by atoms with Crippen LogP contribution in [0.3, 0.4) is 0 Å². The smallest absolute Gasteiger partial charge is 0.276 e. The number of nitrogens with one attached hydrogen (secondary N) is 3. The van der Waals surface area contributed by atoms with Gasteiger partial charge < -0.3 is 14.8 Å². The number of thiocarbonyl (C=S) groups is 1. The van der Waals surface area contributed by atoms with Crippen molar-refractivity contribution in [1.29, 1.82) is 0 Å². The second-order valence-corrected chi connectivity index (χ2v) is 6.06. The molecule has 23 heavy (non-hydrogen) atoms. The van der Waals surface area contributed by atoms with Crippen LogP contribution in [0.25, 0.3) is 0 Å². The largest absolute Gasteiger partial charge is 0.482 e. The normalized spacial score (nSPS) is 16.7. The Balaban J connectivity index is 1.64. The third-order valence-corrected chi connectivity index (χ3v) is 3.83. The minimum absolute atomic E-state index is 0.162. The summed E-state index contributed by atoms with van der Waals surface area (Å²) in [5.74, 6) is 0.115. The molecule has 1 aromatic rings. The third kappa shape index (κ3) is 6.21. The number of benzene rings is 1. The average molecular weight is 358 g/mol. The molecule has 0 bridgehead atoms. The van der Waals surface area contributed by atoms with Gasteiger partial charge in [0.25, 0.3) is 5.91 Å². The Morgan fingerprint density at radius 3 is 3.04 bits per heavy atom. The first-order chi connectivity index (χ1) is 11.0. The molecule has 2 rings (SSSR count). The van der Waals surface area contributed by atoms with Crippen molar-refractivity contribution < 1.29 is 14.3 Å². The second-order valence-electron chi connectivity index (χ2n) is 5.24. The molecule has 0 saturated carbocycles. The van der Waals surface area contributed by atoms with E-state index in [1.54, 1.807) is 12.1 Å². The van der Waals surface area contributed by atoms with Crippen LogP contribution >= 0.6 is 23.8 Å². The first-order valence-corrected chi connectivity index (χ1v) is 8.16. The van der Waals surface area contributed by atoms with E-state index in [1.165, 1.54) is 0 Å². The summed E-state index contributed by atoms with van der Waals surface area (Å²) in [5, 5.41) is 3.79. The molecular weight excluding hydrogens is 338 g/mol. The summed E-state index contributed by atoms with van der Waals surface area (Å²) >= 11 is 11.1. The van der Waals surface area contributed by atoms with Crippen molar-refractivity contribution in [1.82, 2.24) is 16.2 Å². The molecule has 1 heterocycles. The van der Waals surface area contributed by atoms with Crippen molar-refractivity contribution in [2.75, 3.05) is 19.8 Å². The zero-order valence-corrected chi connectivity index (χ0v) is 14.4. The van der Waals surface area contributed by atoms with Crippen molar-refractivity contribution in [3.05, 3.63) is 28.8 Å². The van der Waals surface area contributed by atoms with E-state index in [0.717, 1.165) is 25.0 Å². The zero-order valence-electron chi connectivity index (χ0n) is 12.9. The Kier molecular flexibility index (Phi) is 6.88. The quantitative estimate of drug-likeness (QED) is 0.550. The standard InChI is InChI=1S/C15H20ClN3O3S/c1-10-4-5-12(16)13(7-10)22-9-14(20)18-19-15(23)17-8-11-3-2-6-21-11/h4-5,7,11H,2-3,6,8-9H2,1H3,(H,18,20)(H2,17,19,23). The lowest BCUT2D eigenvalue weighted by Crippen LogP contribution is -2.49.